The third-order valence-corrected chi connectivity index (χ3v) is 9.75. The van der Waals surface area contributed by atoms with Crippen LogP contribution in [0.4, 0.5) is 0 Å². The van der Waals surface area contributed by atoms with Gasteiger partial charge in [-0.15, -0.1) is 0 Å². The van der Waals surface area contributed by atoms with Crippen molar-refractivity contribution in [2.75, 3.05) is 32.9 Å². The molecule has 0 bridgehead atoms. The number of rotatable bonds is 8. The van der Waals surface area contributed by atoms with Crippen molar-refractivity contribution in [1.29, 1.82) is 0 Å². The molecule has 17 nitrogen and oxygen atoms in total. The molecule has 1 aliphatic heterocycles. The van der Waals surface area contributed by atoms with Crippen LogP contribution in [-0.4, -0.2) is 124 Å². The Morgan fingerprint density at radius 3 is 2.23 bits per heavy atom. The van der Waals surface area contributed by atoms with Crippen LogP contribution in [0.15, 0.2) is 4.99 Å². The van der Waals surface area contributed by atoms with Gasteiger partial charge in [-0.1, -0.05) is 21.6 Å². The number of likely N-dealkylation sites (N-methyl/N-ethyl adjacent to an activating group) is 2. The Morgan fingerprint density at radius 2 is 1.70 bits per heavy atom. The zero-order valence-corrected chi connectivity index (χ0v) is 26.4. The molecule has 0 aromatic heterocycles. The SMILES string of the molecule is CC(=O)N[C@H]1CSSC(C)(C)[C@@H](C(N)=O)NC(=O)[C@H](CC(=O)O)N(C)C(=O)CNC(=O)C(CCCN=C(N)N)N(C)C1=O. The van der Waals surface area contributed by atoms with Gasteiger partial charge in [0, 0.05) is 38.1 Å². The first kappa shape index (κ1) is 37.3. The van der Waals surface area contributed by atoms with Gasteiger partial charge in [0.25, 0.3) is 0 Å². The van der Waals surface area contributed by atoms with Crippen molar-refractivity contribution in [2.24, 2.45) is 22.2 Å². The molecule has 1 aliphatic rings. The minimum absolute atomic E-state index is 0.00147. The lowest BCUT2D eigenvalue weighted by atomic mass is 10.0. The summed E-state index contributed by atoms with van der Waals surface area (Å²) in [6.45, 7) is 3.94. The number of carbonyl (C=O) groups is 7. The summed E-state index contributed by atoms with van der Waals surface area (Å²) in [4.78, 5) is 94.8. The largest absolute Gasteiger partial charge is 0.481 e. The molecule has 0 aromatic rings. The Labute approximate surface area is 257 Å². The molecular formula is C24H41N9O8S2. The number of amides is 6. The second-order valence-corrected chi connectivity index (χ2v) is 13.3. The Morgan fingerprint density at radius 1 is 1.07 bits per heavy atom. The van der Waals surface area contributed by atoms with E-state index in [1.165, 1.54) is 21.0 Å². The van der Waals surface area contributed by atoms with Crippen LogP contribution in [0, 0.1) is 0 Å². The molecule has 1 unspecified atom stereocenters. The van der Waals surface area contributed by atoms with Gasteiger partial charge < -0.3 is 48.1 Å². The number of primary amides is 1. The second kappa shape index (κ2) is 16.8. The molecule has 43 heavy (non-hydrogen) atoms. The normalized spacial score (nSPS) is 24.3. The van der Waals surface area contributed by atoms with E-state index in [4.69, 9.17) is 17.2 Å². The lowest BCUT2D eigenvalue weighted by Gasteiger charge is -2.34. The highest BCUT2D eigenvalue weighted by molar-refractivity contribution is 8.77. The van der Waals surface area contributed by atoms with Crippen LogP contribution in [-0.2, 0) is 33.6 Å². The van der Waals surface area contributed by atoms with Gasteiger partial charge in [0.15, 0.2) is 5.96 Å². The van der Waals surface area contributed by atoms with Crippen molar-refractivity contribution < 1.29 is 38.7 Å². The minimum atomic E-state index is -1.54. The van der Waals surface area contributed by atoms with Crippen molar-refractivity contribution in [3.8, 4) is 0 Å². The van der Waals surface area contributed by atoms with E-state index >= 15 is 0 Å². The van der Waals surface area contributed by atoms with Crippen molar-refractivity contribution >= 4 is 69.0 Å². The molecule has 1 fully saturated rings. The monoisotopic (exact) mass is 647 g/mol. The Balaban J connectivity index is 3.54. The van der Waals surface area contributed by atoms with Gasteiger partial charge in [0.1, 0.15) is 24.2 Å². The topological polar surface area (TPSA) is 273 Å². The first-order chi connectivity index (χ1) is 19.9. The average Bonchev–Trinajstić information content (AvgIpc) is 2.89. The molecule has 1 rings (SSSR count). The van der Waals surface area contributed by atoms with E-state index < -0.39 is 83.3 Å². The summed E-state index contributed by atoms with van der Waals surface area (Å²) in [7, 11) is 4.76. The van der Waals surface area contributed by atoms with Crippen molar-refractivity contribution in [2.45, 2.75) is 68.9 Å². The van der Waals surface area contributed by atoms with Gasteiger partial charge >= 0.3 is 5.97 Å². The van der Waals surface area contributed by atoms with Gasteiger partial charge in [-0.25, -0.2) is 0 Å². The highest BCUT2D eigenvalue weighted by atomic mass is 33.1. The van der Waals surface area contributed by atoms with Crippen LogP contribution in [0.1, 0.15) is 40.0 Å². The van der Waals surface area contributed by atoms with E-state index in [9.17, 15) is 38.7 Å². The van der Waals surface area contributed by atoms with Crippen molar-refractivity contribution in [3.63, 3.8) is 0 Å². The number of carboxylic acids is 1. The molecule has 0 spiro atoms. The molecule has 242 valence electrons. The highest BCUT2D eigenvalue weighted by Gasteiger charge is 2.40. The summed E-state index contributed by atoms with van der Waals surface area (Å²) in [6, 6.07) is -5.07. The fourth-order valence-corrected chi connectivity index (χ4v) is 6.91. The number of nitrogens with one attached hydrogen (secondary N) is 3. The van der Waals surface area contributed by atoms with Crippen LogP contribution in [0.25, 0.3) is 0 Å². The minimum Gasteiger partial charge on any atom is -0.481 e. The standard InChI is InChI=1S/C24H41N9O8S2/c1-12(34)30-13-11-42-43-24(2,3)18(19(25)38)31-21(40)15(9-17(36)37)32(4)16(35)10-29-20(39)14(33(5)22(13)41)7-6-8-28-23(26)27/h13-15,18H,6-11H2,1-5H3,(H2,25,38)(H,29,39)(H,30,34)(H,31,40)(H,36,37)(H4,26,27,28)/t13-,14?,15-,18+/m0/s1. The maximum absolute atomic E-state index is 13.5. The third-order valence-electron chi connectivity index (χ3n) is 6.44. The molecular weight excluding hydrogens is 606 g/mol. The summed E-state index contributed by atoms with van der Waals surface area (Å²) < 4.78 is -1.10. The summed E-state index contributed by atoms with van der Waals surface area (Å²) >= 11 is 0. The fraction of sp³-hybridized carbons (Fsp3) is 0.667. The predicted octanol–water partition coefficient (Wildman–Crippen LogP) is -3.07. The molecule has 1 saturated heterocycles. The van der Waals surface area contributed by atoms with Gasteiger partial charge in [-0.3, -0.25) is 38.6 Å². The van der Waals surface area contributed by atoms with Crippen LogP contribution < -0.4 is 33.2 Å². The van der Waals surface area contributed by atoms with Gasteiger partial charge in [-0.2, -0.15) is 0 Å². The number of aliphatic imine (C=N–C) groups is 1. The summed E-state index contributed by atoms with van der Waals surface area (Å²) in [5, 5.41) is 16.9. The number of hydrogen-bond acceptors (Lipinski definition) is 10. The van der Waals surface area contributed by atoms with E-state index in [1.807, 2.05) is 0 Å². The lowest BCUT2D eigenvalue weighted by Crippen LogP contribution is -2.60. The van der Waals surface area contributed by atoms with Crippen LogP contribution >= 0.6 is 21.6 Å². The number of aliphatic carboxylic acids is 1. The third kappa shape index (κ3) is 11.8. The first-order valence-corrected chi connectivity index (χ1v) is 15.5. The van der Waals surface area contributed by atoms with Gasteiger partial charge in [0.05, 0.1) is 13.0 Å². The van der Waals surface area contributed by atoms with Gasteiger partial charge in [0.2, 0.25) is 35.4 Å². The van der Waals surface area contributed by atoms with E-state index in [2.05, 4.69) is 20.9 Å². The molecule has 0 saturated carbocycles. The maximum Gasteiger partial charge on any atom is 0.305 e. The Kier molecular flexibility index (Phi) is 14.6. The number of hydrogen-bond donors (Lipinski definition) is 7. The van der Waals surface area contributed by atoms with Crippen LogP contribution in [0.3, 0.4) is 0 Å². The summed E-state index contributed by atoms with van der Waals surface area (Å²) in [6.07, 6.45) is -0.430. The fourth-order valence-electron chi connectivity index (χ4n) is 4.09. The van der Waals surface area contributed by atoms with Crippen LogP contribution in [0.2, 0.25) is 0 Å². The highest BCUT2D eigenvalue weighted by Crippen LogP contribution is 2.38. The van der Waals surface area contributed by atoms with Crippen molar-refractivity contribution in [1.82, 2.24) is 25.8 Å². The number of nitrogens with zero attached hydrogens (tertiary/aromatic N) is 3. The molecule has 0 aliphatic carbocycles. The molecule has 10 N–H and O–H groups in total. The molecule has 0 aromatic carbocycles. The molecule has 0 radical (unpaired) electrons. The number of carbonyl (C=O) groups excluding carboxylic acids is 6. The van der Waals surface area contributed by atoms with Crippen LogP contribution in [0.5, 0.6) is 0 Å². The second-order valence-electron chi connectivity index (χ2n) is 10.3. The van der Waals surface area contributed by atoms with Gasteiger partial charge in [-0.05, 0) is 26.7 Å². The quantitative estimate of drug-likeness (QED) is 0.0599. The summed E-state index contributed by atoms with van der Waals surface area (Å²) in [5.41, 5.74) is 16.3. The smallest absolute Gasteiger partial charge is 0.305 e. The lowest BCUT2D eigenvalue weighted by molar-refractivity contribution is -0.146. The van der Waals surface area contributed by atoms with Crippen molar-refractivity contribution in [3.05, 3.63) is 0 Å². The Bertz CT molecular complexity index is 1120. The molecule has 1 heterocycles. The van der Waals surface area contributed by atoms with E-state index in [-0.39, 0.29) is 31.1 Å². The zero-order valence-electron chi connectivity index (χ0n) is 24.7. The number of carboxylic acid groups (broad SMARTS) is 1. The number of nitrogens with two attached hydrogens (primary N) is 3. The molecule has 6 amide bonds. The number of guanidine groups is 1. The first-order valence-electron chi connectivity index (χ1n) is 13.1. The maximum atomic E-state index is 13.5. The zero-order chi connectivity index (χ0) is 33.1. The summed E-state index contributed by atoms with van der Waals surface area (Å²) in [5.74, 6) is -6.04. The molecule has 4 atom stereocenters. The van der Waals surface area contributed by atoms with E-state index in [1.54, 1.807) is 13.8 Å². The Hall–Kier alpha value is -3.74. The van der Waals surface area contributed by atoms with E-state index in [0.29, 0.717) is 0 Å². The average molecular weight is 648 g/mol. The van der Waals surface area contributed by atoms with E-state index in [0.717, 1.165) is 31.4 Å². The predicted molar refractivity (Wildman–Crippen MR) is 161 cm³/mol. The molecule has 19 heteroatoms.